The van der Waals surface area contributed by atoms with Gasteiger partial charge >= 0.3 is 83.2 Å². The molecule has 0 saturated heterocycles. The van der Waals surface area contributed by atoms with E-state index in [9.17, 15) is 0 Å². The Bertz CT molecular complexity index is 198. The number of halogens is 1. The van der Waals surface area contributed by atoms with Gasteiger partial charge in [0.25, 0.3) is 0 Å². The standard InChI is InChI=1S/C6H13INOPS/c1-6(2,3)4-5-8-9-7(10)11/h8,11H,10H2,1-3H3/i/hD. The molecule has 0 aliphatic rings. The summed E-state index contributed by atoms with van der Waals surface area (Å²) < 4.78 is 12.2. The average Bonchev–Trinajstić information content (AvgIpc) is 1.80. The van der Waals surface area contributed by atoms with E-state index in [-0.39, 0.29) is 5.41 Å². The molecule has 0 aliphatic carbocycles. The molecule has 0 aromatic heterocycles. The predicted molar refractivity (Wildman–Crippen MR) is 64.2 cm³/mol. The van der Waals surface area contributed by atoms with Crippen molar-refractivity contribution in [2.45, 2.75) is 20.8 Å². The first kappa shape index (κ1) is 9.91. The van der Waals surface area contributed by atoms with E-state index in [0.29, 0.717) is 0 Å². The van der Waals surface area contributed by atoms with Crippen LogP contribution < -0.4 is 5.47 Å². The van der Waals surface area contributed by atoms with E-state index >= 15 is 0 Å². The summed E-state index contributed by atoms with van der Waals surface area (Å²) in [5.41, 5.74) is 0.690. The molecule has 0 radical (unpaired) electrons. The van der Waals surface area contributed by atoms with Crippen LogP contribution >= 0.6 is 35.0 Å². The van der Waals surface area contributed by atoms with Gasteiger partial charge in [-0.3, -0.25) is 0 Å². The number of hydrogen-bond acceptors (Lipinski definition) is 3. The molecule has 0 aliphatic heterocycles. The Balaban J connectivity index is 3.96. The van der Waals surface area contributed by atoms with Gasteiger partial charge in [-0.05, 0) is 0 Å². The van der Waals surface area contributed by atoms with Crippen molar-refractivity contribution in [2.24, 2.45) is 5.41 Å². The fourth-order valence-corrected chi connectivity index (χ4v) is 1.02. The van der Waals surface area contributed by atoms with Crippen molar-refractivity contribution in [2.75, 3.05) is 0 Å². The third-order valence-corrected chi connectivity index (χ3v) is 2.13. The Morgan fingerprint density at radius 3 is 2.64 bits per heavy atom. The Kier molecular flexibility index (Phi) is 4.93. The van der Waals surface area contributed by atoms with Crippen LogP contribution in [0.2, 0.25) is 1.41 Å². The molecule has 0 aromatic carbocycles. The molecule has 0 amide bonds. The Morgan fingerprint density at radius 1 is 1.73 bits per heavy atom. The van der Waals surface area contributed by atoms with E-state index in [4.69, 9.17) is 4.58 Å². The van der Waals surface area contributed by atoms with E-state index < -0.39 is 18.3 Å². The maximum absolute atomic E-state index is 7.20. The van der Waals surface area contributed by atoms with Gasteiger partial charge in [-0.25, -0.2) is 0 Å². The molecule has 0 saturated carbocycles. The van der Waals surface area contributed by atoms with Crippen molar-refractivity contribution in [3.8, 4) is 12.0 Å². The second-order valence-electron chi connectivity index (χ2n) is 2.90. The van der Waals surface area contributed by atoms with E-state index in [2.05, 4.69) is 28.6 Å². The van der Waals surface area contributed by atoms with Gasteiger partial charge in [0, 0.05) is 0 Å². The van der Waals surface area contributed by atoms with Gasteiger partial charge in [0.1, 0.15) is 0 Å². The molecule has 1 N–H and O–H groups in total. The SMILES string of the molecule is [2H]N(C#CC(C)(C)C)OI(P)S. The van der Waals surface area contributed by atoms with Crippen molar-refractivity contribution in [3.63, 3.8) is 0 Å². The Labute approximate surface area is 83.0 Å². The summed E-state index contributed by atoms with van der Waals surface area (Å²) in [4.78, 5) is 0. The molecule has 2 nitrogen and oxygen atoms in total. The normalized spacial score (nSPS) is 12.8. The average molecular weight is 306 g/mol. The molecule has 0 aromatic rings. The number of hydroxylamine groups is 1. The second-order valence-corrected chi connectivity index (χ2v) is 12.1. The van der Waals surface area contributed by atoms with Crippen molar-refractivity contribution in [1.82, 2.24) is 5.47 Å². The monoisotopic (exact) mass is 306 g/mol. The minimum absolute atomic E-state index is 0.0980. The Morgan fingerprint density at radius 2 is 2.27 bits per heavy atom. The molecular weight excluding hydrogens is 292 g/mol. The first-order chi connectivity index (χ1) is 5.31. The molecule has 1 atom stereocenters. The minimum atomic E-state index is -1.72. The van der Waals surface area contributed by atoms with Gasteiger partial charge in [-0.2, -0.15) is 0 Å². The van der Waals surface area contributed by atoms with Gasteiger partial charge in [-0.15, -0.1) is 0 Å². The van der Waals surface area contributed by atoms with Crippen molar-refractivity contribution in [1.29, 1.82) is 0 Å². The van der Waals surface area contributed by atoms with E-state index in [0.717, 1.165) is 5.47 Å². The zero-order valence-corrected chi connectivity index (χ0v) is 11.0. The van der Waals surface area contributed by atoms with Crippen LogP contribution in [0.3, 0.4) is 0 Å². The third kappa shape index (κ3) is 10.8. The summed E-state index contributed by atoms with van der Waals surface area (Å²) in [5.74, 6) is 2.87. The molecular formula is C6H13INOPS. The molecule has 66 valence electrons. The summed E-state index contributed by atoms with van der Waals surface area (Å²) >= 11 is -1.72. The topological polar surface area (TPSA) is 21.3 Å². The van der Waals surface area contributed by atoms with Gasteiger partial charge in [0.05, 0.1) is 0 Å². The number of rotatable bonds is 2. The summed E-state index contributed by atoms with van der Waals surface area (Å²) in [6, 6.07) is 2.56. The summed E-state index contributed by atoms with van der Waals surface area (Å²) in [6.45, 7) is 8.39. The van der Waals surface area contributed by atoms with Crippen LogP contribution in [0, 0.1) is 17.4 Å². The molecule has 0 fully saturated rings. The van der Waals surface area contributed by atoms with E-state index in [1.807, 2.05) is 20.8 Å². The third-order valence-electron chi connectivity index (χ3n) is 0.582. The number of hydrogen-bond donors (Lipinski definition) is 2. The van der Waals surface area contributed by atoms with Gasteiger partial charge < -0.3 is 0 Å². The van der Waals surface area contributed by atoms with Gasteiger partial charge in [-0.1, -0.05) is 0 Å². The Hall–Kier alpha value is 0.830. The van der Waals surface area contributed by atoms with E-state index in [1.54, 1.807) is 0 Å². The van der Waals surface area contributed by atoms with Gasteiger partial charge in [0.15, 0.2) is 0 Å². The van der Waals surface area contributed by atoms with Crippen LogP contribution in [-0.4, -0.2) is 0 Å². The maximum atomic E-state index is 7.20. The van der Waals surface area contributed by atoms with Crippen LogP contribution in [-0.2, 0) is 3.17 Å². The zero-order valence-electron chi connectivity index (χ0n) is 7.76. The van der Waals surface area contributed by atoms with E-state index in [1.165, 1.54) is 0 Å². The van der Waals surface area contributed by atoms with Crippen molar-refractivity contribution < 1.29 is 4.58 Å². The molecule has 1 unspecified atom stereocenters. The quantitative estimate of drug-likeness (QED) is 0.204. The van der Waals surface area contributed by atoms with Crippen LogP contribution in [0.4, 0.5) is 0 Å². The van der Waals surface area contributed by atoms with Crippen molar-refractivity contribution >= 4 is 35.0 Å². The summed E-state index contributed by atoms with van der Waals surface area (Å²) in [7, 11) is 4.07. The van der Waals surface area contributed by atoms with Crippen LogP contribution in [0.15, 0.2) is 0 Å². The first-order valence-electron chi connectivity index (χ1n) is 3.39. The van der Waals surface area contributed by atoms with Crippen LogP contribution in [0.25, 0.3) is 0 Å². The fraction of sp³-hybridized carbons (Fsp3) is 0.667. The molecule has 5 heteroatoms. The summed E-state index contributed by atoms with van der Waals surface area (Å²) in [6.07, 6.45) is 0. The molecule has 11 heavy (non-hydrogen) atoms. The number of nitrogens with one attached hydrogen (secondary N) is 1. The van der Waals surface area contributed by atoms with Crippen LogP contribution in [0.5, 0.6) is 0 Å². The first-order valence-corrected chi connectivity index (χ1v) is 11.2. The molecule has 0 rings (SSSR count). The van der Waals surface area contributed by atoms with Gasteiger partial charge in [0.2, 0.25) is 0 Å². The fourth-order valence-electron chi connectivity index (χ4n) is 0.243. The second kappa shape index (κ2) is 5.47. The number of thiol groups is 1. The van der Waals surface area contributed by atoms with Crippen molar-refractivity contribution in [3.05, 3.63) is 0 Å². The van der Waals surface area contributed by atoms with Crippen LogP contribution in [0.1, 0.15) is 20.8 Å². The summed E-state index contributed by atoms with van der Waals surface area (Å²) in [5, 5.41) is 0. The molecule has 0 bridgehead atoms. The zero-order chi connectivity index (χ0) is 9.78. The molecule has 0 spiro atoms. The predicted octanol–water partition coefficient (Wildman–Crippen LogP) is 2.57. The molecule has 0 heterocycles.